The minimum atomic E-state index is -3.46. The summed E-state index contributed by atoms with van der Waals surface area (Å²) in [6.45, 7) is 5.34. The van der Waals surface area contributed by atoms with E-state index in [9.17, 15) is 13.2 Å². The summed E-state index contributed by atoms with van der Waals surface area (Å²) in [4.78, 5) is 15.0. The number of likely N-dealkylation sites (tertiary alicyclic amines) is 1. The highest BCUT2D eigenvalue weighted by molar-refractivity contribution is 7.89. The molecular weight excluding hydrogens is 386 g/mol. The lowest BCUT2D eigenvalue weighted by atomic mass is 10.0. The topological polar surface area (TPSA) is 62.6 Å². The summed E-state index contributed by atoms with van der Waals surface area (Å²) in [5.74, 6) is 0.725. The van der Waals surface area contributed by atoms with Crippen LogP contribution in [0.25, 0.3) is 10.9 Å². The number of carbonyl (C=O) groups is 1. The van der Waals surface area contributed by atoms with Gasteiger partial charge in [0.1, 0.15) is 6.54 Å². The van der Waals surface area contributed by atoms with E-state index in [1.807, 2.05) is 27.8 Å². The molecule has 0 spiro atoms. The smallest absolute Gasteiger partial charge is 0.243 e. The standard InChI is InChI=1S/C22H31N3O3S/c1-18-8-14-25(15-9-18)29(27,28)20-6-7-21-19(16-20)10-13-24(21)17-22(26)23-11-4-2-3-5-12-23/h6-7,10,13,16,18H,2-5,8-9,11-12,14-15,17H2,1H3. The van der Waals surface area contributed by atoms with Gasteiger partial charge in [-0.3, -0.25) is 4.79 Å². The van der Waals surface area contributed by atoms with Crippen molar-refractivity contribution in [3.8, 4) is 0 Å². The Kier molecular flexibility index (Phi) is 5.97. The lowest BCUT2D eigenvalue weighted by Crippen LogP contribution is -2.37. The zero-order chi connectivity index (χ0) is 20.4. The number of sulfonamides is 1. The molecule has 1 aromatic carbocycles. The summed E-state index contributed by atoms with van der Waals surface area (Å²) in [5.41, 5.74) is 0.902. The van der Waals surface area contributed by atoms with Gasteiger partial charge in [-0.1, -0.05) is 19.8 Å². The summed E-state index contributed by atoms with van der Waals surface area (Å²) >= 11 is 0. The Balaban J connectivity index is 1.52. The number of piperidine rings is 1. The maximum Gasteiger partial charge on any atom is 0.243 e. The van der Waals surface area contributed by atoms with Crippen LogP contribution in [0.15, 0.2) is 35.4 Å². The summed E-state index contributed by atoms with van der Waals surface area (Å²) < 4.78 is 29.6. The summed E-state index contributed by atoms with van der Waals surface area (Å²) in [7, 11) is -3.46. The highest BCUT2D eigenvalue weighted by Crippen LogP contribution is 2.26. The van der Waals surface area contributed by atoms with E-state index in [-0.39, 0.29) is 5.91 Å². The Bertz CT molecular complexity index is 966. The van der Waals surface area contributed by atoms with Gasteiger partial charge < -0.3 is 9.47 Å². The Labute approximate surface area is 173 Å². The van der Waals surface area contributed by atoms with Crippen LogP contribution in [-0.2, 0) is 21.4 Å². The molecule has 2 aromatic rings. The van der Waals surface area contributed by atoms with Crippen LogP contribution in [0.3, 0.4) is 0 Å². The van der Waals surface area contributed by atoms with E-state index in [1.165, 1.54) is 12.8 Å². The van der Waals surface area contributed by atoms with Gasteiger partial charge in [0, 0.05) is 43.3 Å². The fourth-order valence-corrected chi connectivity index (χ4v) is 5.92. The minimum Gasteiger partial charge on any atom is -0.341 e. The molecule has 0 unspecified atom stereocenters. The normalized spacial score (nSPS) is 20.1. The van der Waals surface area contributed by atoms with Gasteiger partial charge >= 0.3 is 0 Å². The number of hydrogen-bond donors (Lipinski definition) is 0. The Morgan fingerprint density at radius 2 is 1.69 bits per heavy atom. The van der Waals surface area contributed by atoms with Crippen molar-refractivity contribution in [2.24, 2.45) is 5.92 Å². The average Bonchev–Trinajstić information content (AvgIpc) is 2.91. The average molecular weight is 418 g/mol. The second kappa shape index (κ2) is 8.48. The molecule has 6 nitrogen and oxygen atoms in total. The fourth-order valence-electron chi connectivity index (χ4n) is 4.42. The summed E-state index contributed by atoms with van der Waals surface area (Å²) in [5, 5.41) is 0.861. The van der Waals surface area contributed by atoms with Crippen LogP contribution < -0.4 is 0 Å². The lowest BCUT2D eigenvalue weighted by molar-refractivity contribution is -0.131. The molecule has 0 bridgehead atoms. The molecule has 2 saturated heterocycles. The zero-order valence-electron chi connectivity index (χ0n) is 17.2. The predicted octanol–water partition coefficient (Wildman–Crippen LogP) is 3.46. The highest BCUT2D eigenvalue weighted by Gasteiger charge is 2.28. The predicted molar refractivity (Wildman–Crippen MR) is 114 cm³/mol. The number of aromatic nitrogens is 1. The maximum atomic E-state index is 13.0. The summed E-state index contributed by atoms with van der Waals surface area (Å²) in [6, 6.07) is 7.17. The van der Waals surface area contributed by atoms with Crippen molar-refractivity contribution >= 4 is 26.8 Å². The van der Waals surface area contributed by atoms with Gasteiger partial charge in [0.05, 0.1) is 4.90 Å². The molecule has 2 aliphatic heterocycles. The van der Waals surface area contributed by atoms with Crippen LogP contribution >= 0.6 is 0 Å². The first-order chi connectivity index (χ1) is 13.9. The molecule has 158 valence electrons. The third-order valence-corrected chi connectivity index (χ3v) is 8.28. The number of fused-ring (bicyclic) bond motifs is 1. The van der Waals surface area contributed by atoms with Crippen LogP contribution in [-0.4, -0.2) is 54.3 Å². The molecule has 29 heavy (non-hydrogen) atoms. The molecule has 0 saturated carbocycles. The zero-order valence-corrected chi connectivity index (χ0v) is 18.0. The van der Waals surface area contributed by atoms with Gasteiger partial charge in [-0.2, -0.15) is 4.31 Å². The van der Waals surface area contributed by atoms with E-state index in [0.717, 1.165) is 49.7 Å². The first-order valence-corrected chi connectivity index (χ1v) is 12.3. The molecule has 0 atom stereocenters. The third kappa shape index (κ3) is 4.36. The Morgan fingerprint density at radius 1 is 1.00 bits per heavy atom. The van der Waals surface area contributed by atoms with Crippen molar-refractivity contribution in [1.29, 1.82) is 0 Å². The fraction of sp³-hybridized carbons (Fsp3) is 0.591. The van der Waals surface area contributed by atoms with Crippen LogP contribution in [0.5, 0.6) is 0 Å². The Hall–Kier alpha value is -1.86. The lowest BCUT2D eigenvalue weighted by Gasteiger charge is -2.29. The molecule has 0 aliphatic carbocycles. The highest BCUT2D eigenvalue weighted by atomic mass is 32.2. The Morgan fingerprint density at radius 3 is 2.38 bits per heavy atom. The van der Waals surface area contributed by atoms with E-state index in [0.29, 0.717) is 30.4 Å². The molecule has 1 aromatic heterocycles. The second-order valence-corrected chi connectivity index (χ2v) is 10.5. The molecule has 7 heteroatoms. The molecule has 0 N–H and O–H groups in total. The van der Waals surface area contributed by atoms with E-state index in [2.05, 4.69) is 6.92 Å². The van der Waals surface area contributed by atoms with Crippen molar-refractivity contribution < 1.29 is 13.2 Å². The molecule has 4 rings (SSSR count). The first kappa shape index (κ1) is 20.4. The third-order valence-electron chi connectivity index (χ3n) is 6.39. The molecule has 0 radical (unpaired) electrons. The second-order valence-electron chi connectivity index (χ2n) is 8.55. The molecule has 2 aliphatic rings. The molecule has 3 heterocycles. The van der Waals surface area contributed by atoms with Crippen molar-refractivity contribution in [2.45, 2.75) is 56.9 Å². The number of carbonyl (C=O) groups excluding carboxylic acids is 1. The molecular formula is C22H31N3O3S. The van der Waals surface area contributed by atoms with Gasteiger partial charge in [0.2, 0.25) is 15.9 Å². The number of benzene rings is 1. The van der Waals surface area contributed by atoms with Crippen LogP contribution in [0, 0.1) is 5.92 Å². The number of rotatable bonds is 4. The largest absolute Gasteiger partial charge is 0.341 e. The molecule has 2 fully saturated rings. The monoisotopic (exact) mass is 417 g/mol. The van der Waals surface area contributed by atoms with Gasteiger partial charge in [0.25, 0.3) is 0 Å². The van der Waals surface area contributed by atoms with E-state index < -0.39 is 10.0 Å². The molecule has 1 amide bonds. The first-order valence-electron chi connectivity index (χ1n) is 10.8. The van der Waals surface area contributed by atoms with E-state index in [4.69, 9.17) is 0 Å². The van der Waals surface area contributed by atoms with Crippen molar-refractivity contribution in [3.05, 3.63) is 30.5 Å². The van der Waals surface area contributed by atoms with Crippen molar-refractivity contribution in [3.63, 3.8) is 0 Å². The number of hydrogen-bond acceptors (Lipinski definition) is 3. The van der Waals surface area contributed by atoms with Crippen molar-refractivity contribution in [2.75, 3.05) is 26.2 Å². The van der Waals surface area contributed by atoms with Gasteiger partial charge in [-0.05, 0) is 55.9 Å². The summed E-state index contributed by atoms with van der Waals surface area (Å²) in [6.07, 6.45) is 8.27. The SMILES string of the molecule is CC1CCN(S(=O)(=O)c2ccc3c(ccn3CC(=O)N3CCCCCC3)c2)CC1. The van der Waals surface area contributed by atoms with Crippen LogP contribution in [0.2, 0.25) is 0 Å². The number of amides is 1. The van der Waals surface area contributed by atoms with Crippen LogP contribution in [0.4, 0.5) is 0 Å². The maximum absolute atomic E-state index is 13.0. The quantitative estimate of drug-likeness (QED) is 0.765. The van der Waals surface area contributed by atoms with Gasteiger partial charge in [0.15, 0.2) is 0 Å². The number of nitrogens with zero attached hydrogens (tertiary/aromatic N) is 3. The van der Waals surface area contributed by atoms with E-state index >= 15 is 0 Å². The van der Waals surface area contributed by atoms with Gasteiger partial charge in [-0.25, -0.2) is 8.42 Å². The van der Waals surface area contributed by atoms with Gasteiger partial charge in [-0.15, -0.1) is 0 Å². The minimum absolute atomic E-state index is 0.142. The van der Waals surface area contributed by atoms with Crippen LogP contribution in [0.1, 0.15) is 45.4 Å². The van der Waals surface area contributed by atoms with Crippen molar-refractivity contribution in [1.82, 2.24) is 13.8 Å². The van der Waals surface area contributed by atoms with E-state index in [1.54, 1.807) is 16.4 Å².